The Morgan fingerprint density at radius 1 is 1.40 bits per heavy atom. The summed E-state index contributed by atoms with van der Waals surface area (Å²) in [7, 11) is 0. The minimum absolute atomic E-state index is 0.0766. The highest BCUT2D eigenvalue weighted by molar-refractivity contribution is 8.13. The molecule has 20 heavy (non-hydrogen) atoms. The van der Waals surface area contributed by atoms with Crippen LogP contribution in [0, 0.1) is 0 Å². The molecule has 1 aliphatic heterocycles. The van der Waals surface area contributed by atoms with Crippen molar-refractivity contribution in [3.8, 4) is 0 Å². The van der Waals surface area contributed by atoms with E-state index >= 15 is 0 Å². The highest BCUT2D eigenvalue weighted by Crippen LogP contribution is 2.26. The van der Waals surface area contributed by atoms with Crippen molar-refractivity contribution in [2.24, 2.45) is 5.84 Å². The zero-order valence-electron chi connectivity index (χ0n) is 10.3. The molecule has 0 aliphatic carbocycles. The molecule has 0 bridgehead atoms. The number of nitrogens with two attached hydrogens (primary N) is 1. The number of amides is 2. The Labute approximate surface area is 122 Å². The third-order valence-electron chi connectivity index (χ3n) is 2.87. The van der Waals surface area contributed by atoms with Crippen LogP contribution in [0.15, 0.2) is 11.4 Å². The molecule has 3 heterocycles. The smallest absolute Gasteiger partial charge is 0.288 e. The number of fused-ring (bicyclic) bond motifs is 1. The van der Waals surface area contributed by atoms with Crippen LogP contribution in [-0.2, 0) is 11.3 Å². The Kier molecular flexibility index (Phi) is 3.55. The van der Waals surface area contributed by atoms with E-state index in [9.17, 15) is 9.59 Å². The fourth-order valence-corrected chi connectivity index (χ4v) is 3.47. The third kappa shape index (κ3) is 2.35. The van der Waals surface area contributed by atoms with E-state index in [4.69, 9.17) is 5.84 Å². The number of thioether (sulfide) groups is 1. The minimum Gasteiger partial charge on any atom is -0.308 e. The normalized spacial score (nSPS) is 15.9. The van der Waals surface area contributed by atoms with Crippen LogP contribution in [0.25, 0.3) is 10.2 Å². The number of hydrogen-bond acceptors (Lipinski definition) is 8. The molecule has 0 saturated carbocycles. The first-order valence-corrected chi connectivity index (χ1v) is 7.73. The van der Waals surface area contributed by atoms with Crippen LogP contribution in [-0.4, -0.2) is 31.8 Å². The molecule has 0 atom stereocenters. The first kappa shape index (κ1) is 13.3. The first-order chi connectivity index (χ1) is 9.69. The van der Waals surface area contributed by atoms with Crippen molar-refractivity contribution >= 4 is 50.3 Å². The van der Waals surface area contributed by atoms with E-state index in [1.807, 2.05) is 11.4 Å². The average Bonchev–Trinajstić information content (AvgIpc) is 2.90. The van der Waals surface area contributed by atoms with Gasteiger partial charge in [0.05, 0.1) is 11.9 Å². The summed E-state index contributed by atoms with van der Waals surface area (Å²) in [4.78, 5) is 34.1. The SMILES string of the molecule is NNc1nc(CN2C(=O)CCSC2=O)nc2sccc12. The van der Waals surface area contributed by atoms with E-state index < -0.39 is 0 Å². The predicted octanol–water partition coefficient (Wildman–Crippen LogP) is 1.56. The molecule has 104 valence electrons. The van der Waals surface area contributed by atoms with Crippen LogP contribution in [0.3, 0.4) is 0 Å². The number of nitrogen functional groups attached to an aromatic ring is 1. The number of carbonyl (C=O) groups is 2. The number of rotatable bonds is 3. The molecule has 2 aromatic heterocycles. The van der Waals surface area contributed by atoms with E-state index in [2.05, 4.69) is 15.4 Å². The number of anilines is 1. The van der Waals surface area contributed by atoms with Crippen molar-refractivity contribution in [1.82, 2.24) is 14.9 Å². The summed E-state index contributed by atoms with van der Waals surface area (Å²) in [5, 5.41) is 2.46. The van der Waals surface area contributed by atoms with Gasteiger partial charge < -0.3 is 5.43 Å². The lowest BCUT2D eigenvalue weighted by Crippen LogP contribution is -2.38. The van der Waals surface area contributed by atoms with Gasteiger partial charge in [-0.1, -0.05) is 11.8 Å². The number of aromatic nitrogens is 2. The number of imide groups is 1. The van der Waals surface area contributed by atoms with Crippen LogP contribution in [0.4, 0.5) is 10.6 Å². The summed E-state index contributed by atoms with van der Waals surface area (Å²) in [5.41, 5.74) is 2.52. The largest absolute Gasteiger partial charge is 0.308 e. The van der Waals surface area contributed by atoms with Crippen LogP contribution < -0.4 is 11.3 Å². The molecule has 3 N–H and O–H groups in total. The maximum absolute atomic E-state index is 11.8. The van der Waals surface area contributed by atoms with Crippen molar-refractivity contribution in [2.45, 2.75) is 13.0 Å². The molecule has 0 unspecified atom stereocenters. The predicted molar refractivity (Wildman–Crippen MR) is 78.2 cm³/mol. The topological polar surface area (TPSA) is 101 Å². The van der Waals surface area contributed by atoms with E-state index in [0.717, 1.165) is 22.0 Å². The van der Waals surface area contributed by atoms with Gasteiger partial charge in [0, 0.05) is 12.2 Å². The van der Waals surface area contributed by atoms with Crippen LogP contribution in [0.1, 0.15) is 12.2 Å². The highest BCUT2D eigenvalue weighted by atomic mass is 32.2. The lowest BCUT2D eigenvalue weighted by atomic mass is 10.3. The quantitative estimate of drug-likeness (QED) is 0.655. The number of hydrogen-bond donors (Lipinski definition) is 2. The molecule has 2 aromatic rings. The van der Waals surface area contributed by atoms with Gasteiger partial charge in [0.2, 0.25) is 5.91 Å². The van der Waals surface area contributed by atoms with E-state index in [0.29, 0.717) is 23.8 Å². The molecule has 1 saturated heterocycles. The van der Waals surface area contributed by atoms with Gasteiger partial charge >= 0.3 is 0 Å². The second-order valence-electron chi connectivity index (χ2n) is 4.12. The Morgan fingerprint density at radius 2 is 2.25 bits per heavy atom. The Balaban J connectivity index is 1.93. The van der Waals surface area contributed by atoms with Gasteiger partial charge in [-0.3, -0.25) is 14.5 Å². The number of thiophene rings is 1. The fourth-order valence-electron chi connectivity index (χ4n) is 1.91. The van der Waals surface area contributed by atoms with Gasteiger partial charge in [-0.15, -0.1) is 11.3 Å². The van der Waals surface area contributed by atoms with E-state index in [1.54, 1.807) is 0 Å². The molecule has 1 aliphatic rings. The first-order valence-electron chi connectivity index (χ1n) is 5.87. The number of nitrogens with one attached hydrogen (secondary N) is 1. The van der Waals surface area contributed by atoms with Gasteiger partial charge in [0.1, 0.15) is 4.83 Å². The second kappa shape index (κ2) is 5.35. The maximum Gasteiger partial charge on any atom is 0.288 e. The van der Waals surface area contributed by atoms with E-state index in [-0.39, 0.29) is 17.7 Å². The van der Waals surface area contributed by atoms with Gasteiger partial charge in [-0.25, -0.2) is 15.8 Å². The minimum atomic E-state index is -0.251. The average molecular weight is 309 g/mol. The number of carbonyl (C=O) groups excluding carboxylic acids is 2. The van der Waals surface area contributed by atoms with E-state index in [1.165, 1.54) is 16.2 Å². The third-order valence-corrected chi connectivity index (χ3v) is 4.55. The Morgan fingerprint density at radius 3 is 3.00 bits per heavy atom. The lowest BCUT2D eigenvalue weighted by molar-refractivity contribution is -0.128. The molecule has 1 fully saturated rings. The van der Waals surface area contributed by atoms with Gasteiger partial charge in [-0.05, 0) is 11.4 Å². The summed E-state index contributed by atoms with van der Waals surface area (Å²) < 4.78 is 0. The molecular weight excluding hydrogens is 298 g/mol. The zero-order chi connectivity index (χ0) is 14.1. The molecule has 0 spiro atoms. The molecule has 7 nitrogen and oxygen atoms in total. The summed E-state index contributed by atoms with van der Waals surface area (Å²) in [5.74, 6) is 6.69. The number of nitrogens with zero attached hydrogens (tertiary/aromatic N) is 3. The van der Waals surface area contributed by atoms with Crippen LogP contribution in [0.5, 0.6) is 0 Å². The second-order valence-corrected chi connectivity index (χ2v) is 6.06. The van der Waals surface area contributed by atoms with Crippen LogP contribution >= 0.6 is 23.1 Å². The highest BCUT2D eigenvalue weighted by Gasteiger charge is 2.27. The summed E-state index contributed by atoms with van der Waals surface area (Å²) in [6.07, 6.45) is 0.361. The summed E-state index contributed by atoms with van der Waals surface area (Å²) in [6, 6.07) is 1.87. The van der Waals surface area contributed by atoms with Gasteiger partial charge in [0.25, 0.3) is 5.24 Å². The van der Waals surface area contributed by atoms with Crippen molar-refractivity contribution in [1.29, 1.82) is 0 Å². The van der Waals surface area contributed by atoms with Crippen molar-refractivity contribution < 1.29 is 9.59 Å². The zero-order valence-corrected chi connectivity index (χ0v) is 12.0. The molecular formula is C11H11N5O2S2. The summed E-state index contributed by atoms with van der Waals surface area (Å²) in [6.45, 7) is 0.0766. The number of hydrazine groups is 1. The van der Waals surface area contributed by atoms with Crippen molar-refractivity contribution in [3.05, 3.63) is 17.3 Å². The molecule has 9 heteroatoms. The standard InChI is InChI=1S/C11H11N5O2S2/c12-15-9-6-1-3-19-10(6)14-7(13-9)5-16-8(17)2-4-20-11(16)18/h1,3H,2,4-5,12H2,(H,13,14,15). The molecule has 0 aromatic carbocycles. The molecule has 0 radical (unpaired) electrons. The van der Waals surface area contributed by atoms with Gasteiger partial charge in [-0.2, -0.15) is 0 Å². The Hall–Kier alpha value is -1.71. The fraction of sp³-hybridized carbons (Fsp3) is 0.273. The molecule has 2 amide bonds. The van der Waals surface area contributed by atoms with Gasteiger partial charge in [0.15, 0.2) is 11.6 Å². The maximum atomic E-state index is 11.8. The monoisotopic (exact) mass is 309 g/mol. The molecule has 3 rings (SSSR count). The van der Waals surface area contributed by atoms with Crippen molar-refractivity contribution in [2.75, 3.05) is 11.2 Å². The Bertz CT molecular complexity index is 671. The summed E-state index contributed by atoms with van der Waals surface area (Å²) >= 11 is 2.59. The lowest BCUT2D eigenvalue weighted by Gasteiger charge is -2.23. The van der Waals surface area contributed by atoms with Crippen LogP contribution in [0.2, 0.25) is 0 Å². The van der Waals surface area contributed by atoms with Crippen molar-refractivity contribution in [3.63, 3.8) is 0 Å².